The van der Waals surface area contributed by atoms with E-state index in [0.29, 0.717) is 18.5 Å². The number of para-hydroxylation sites is 1. The smallest absolute Gasteiger partial charge is 0.324 e. The van der Waals surface area contributed by atoms with E-state index in [9.17, 15) is 23.6 Å². The summed E-state index contributed by atoms with van der Waals surface area (Å²) in [5.74, 6) is -2.03. The minimum atomic E-state index is -1.11. The van der Waals surface area contributed by atoms with Gasteiger partial charge in [-0.3, -0.25) is 19.7 Å². The van der Waals surface area contributed by atoms with E-state index >= 15 is 0 Å². The standard InChI is InChI=1S/C31H39FN8O5.ClH/c1-17(33-5)27(41)38-25(31(2,3)4)29(43)40(28(42)21-12-9-13-34-21)23-14-18-22(15-24(23)45-6)35-16-36-26(18)39-30(44)37-20-11-8-7-10-19(20)32;/h7-8,10-11,14-17,21,25,33-34H,9,12-13H2,1-6H3,(H,38,41)(H2,35,36,37,39,44);1H/t17-,21-,25+;/m0./s1. The quantitative estimate of drug-likeness (QED) is 0.231. The van der Waals surface area contributed by atoms with E-state index in [1.54, 1.807) is 40.8 Å². The maximum Gasteiger partial charge on any atom is 0.324 e. The van der Waals surface area contributed by atoms with E-state index in [2.05, 4.69) is 36.6 Å². The fraction of sp³-hybridized carbons (Fsp3) is 0.419. The van der Waals surface area contributed by atoms with Crippen LogP contribution >= 0.6 is 12.4 Å². The predicted molar refractivity (Wildman–Crippen MR) is 176 cm³/mol. The van der Waals surface area contributed by atoms with Crippen LogP contribution in [-0.2, 0) is 14.4 Å². The zero-order valence-electron chi connectivity index (χ0n) is 26.6. The lowest BCUT2D eigenvalue weighted by Gasteiger charge is -2.36. The van der Waals surface area contributed by atoms with Crippen LogP contribution in [0.1, 0.15) is 40.5 Å². The SMILES string of the molecule is CN[C@@H](C)C(=O)N[C@H](C(=O)N(C(=O)[C@@H]1CCCN1)c1cc2c(NC(=O)Nc3ccccc3F)ncnc2cc1OC)C(C)(C)C.Cl. The maximum atomic E-state index is 14.5. The number of anilines is 3. The highest BCUT2D eigenvalue weighted by atomic mass is 35.5. The zero-order valence-corrected chi connectivity index (χ0v) is 27.4. The Labute approximate surface area is 272 Å². The van der Waals surface area contributed by atoms with Gasteiger partial charge in [0, 0.05) is 11.5 Å². The average molecular weight is 659 g/mol. The summed E-state index contributed by atoms with van der Waals surface area (Å²) in [6.45, 7) is 7.63. The van der Waals surface area contributed by atoms with Gasteiger partial charge in [-0.1, -0.05) is 32.9 Å². The third-order valence-corrected chi connectivity index (χ3v) is 7.56. The fourth-order valence-electron chi connectivity index (χ4n) is 4.91. The number of fused-ring (bicyclic) bond motifs is 1. The number of amides is 5. The molecule has 3 aromatic rings. The van der Waals surface area contributed by atoms with E-state index < -0.39 is 53.1 Å². The largest absolute Gasteiger partial charge is 0.494 e. The van der Waals surface area contributed by atoms with Gasteiger partial charge in [-0.15, -0.1) is 12.4 Å². The van der Waals surface area contributed by atoms with Crippen LogP contribution in [0.4, 0.5) is 26.4 Å². The molecule has 0 saturated carbocycles. The second-order valence-electron chi connectivity index (χ2n) is 11.8. The van der Waals surface area contributed by atoms with Crippen LogP contribution in [0.25, 0.3) is 10.9 Å². The van der Waals surface area contributed by atoms with Gasteiger partial charge in [-0.25, -0.2) is 24.1 Å². The Morgan fingerprint density at radius 1 is 1.11 bits per heavy atom. The number of ether oxygens (including phenoxy) is 1. The van der Waals surface area contributed by atoms with Gasteiger partial charge >= 0.3 is 6.03 Å². The molecule has 3 atom stereocenters. The van der Waals surface area contributed by atoms with Crippen LogP contribution in [0.3, 0.4) is 0 Å². The highest BCUT2D eigenvalue weighted by molar-refractivity contribution is 6.20. The number of hydrogen-bond donors (Lipinski definition) is 5. The Kier molecular flexibility index (Phi) is 12.0. The number of carbonyl (C=O) groups excluding carboxylic acids is 4. The summed E-state index contributed by atoms with van der Waals surface area (Å²) in [6.07, 6.45) is 2.48. The number of aromatic nitrogens is 2. The molecule has 1 aromatic heterocycles. The third kappa shape index (κ3) is 8.05. The number of nitrogens with zero attached hydrogens (tertiary/aromatic N) is 3. The number of carbonyl (C=O) groups is 4. The topological polar surface area (TPSA) is 167 Å². The van der Waals surface area contributed by atoms with E-state index in [1.165, 1.54) is 43.8 Å². The Morgan fingerprint density at radius 3 is 2.43 bits per heavy atom. The lowest BCUT2D eigenvalue weighted by atomic mass is 9.85. The van der Waals surface area contributed by atoms with Crippen LogP contribution < -0.4 is 36.2 Å². The lowest BCUT2D eigenvalue weighted by molar-refractivity contribution is -0.134. The zero-order chi connectivity index (χ0) is 32.9. The molecule has 0 aliphatic carbocycles. The number of benzene rings is 2. The molecular weight excluding hydrogens is 619 g/mol. The number of halogens is 2. The first kappa shape index (κ1) is 36.1. The van der Waals surface area contributed by atoms with Crippen molar-refractivity contribution in [1.29, 1.82) is 0 Å². The van der Waals surface area contributed by atoms with Crippen molar-refractivity contribution in [1.82, 2.24) is 25.9 Å². The van der Waals surface area contributed by atoms with Crippen LogP contribution in [0.5, 0.6) is 5.75 Å². The van der Waals surface area contributed by atoms with Crippen molar-refractivity contribution in [3.05, 3.63) is 48.5 Å². The number of imide groups is 1. The summed E-state index contributed by atoms with van der Waals surface area (Å²) >= 11 is 0. The van der Waals surface area contributed by atoms with Crippen molar-refractivity contribution >= 4 is 64.3 Å². The molecule has 1 aliphatic heterocycles. The highest BCUT2D eigenvalue weighted by Crippen LogP contribution is 2.37. The third-order valence-electron chi connectivity index (χ3n) is 7.56. The monoisotopic (exact) mass is 658 g/mol. The molecule has 0 spiro atoms. The number of hydrogen-bond acceptors (Lipinski definition) is 9. The lowest BCUT2D eigenvalue weighted by Crippen LogP contribution is -2.60. The van der Waals surface area contributed by atoms with Crippen molar-refractivity contribution in [2.75, 3.05) is 36.2 Å². The number of likely N-dealkylation sites (N-methyl/N-ethyl adjacent to an activating group) is 1. The van der Waals surface area contributed by atoms with E-state index in [1.807, 2.05) is 0 Å². The molecule has 15 heteroatoms. The van der Waals surface area contributed by atoms with Crippen LogP contribution in [0.15, 0.2) is 42.7 Å². The minimum Gasteiger partial charge on any atom is -0.494 e. The molecule has 0 radical (unpaired) electrons. The Balaban J connectivity index is 0.00000576. The molecule has 2 heterocycles. The normalized spacial score (nSPS) is 15.7. The summed E-state index contributed by atoms with van der Waals surface area (Å²) in [5.41, 5.74) is -0.419. The number of rotatable bonds is 9. The van der Waals surface area contributed by atoms with E-state index in [-0.39, 0.29) is 40.7 Å². The Bertz CT molecular complexity index is 1590. The summed E-state index contributed by atoms with van der Waals surface area (Å²) in [6, 6.07) is 5.56. The molecule has 248 valence electrons. The summed E-state index contributed by atoms with van der Waals surface area (Å²) in [7, 11) is 3.02. The molecule has 1 fully saturated rings. The molecule has 13 nitrogen and oxygen atoms in total. The van der Waals surface area contributed by atoms with Gasteiger partial charge in [0.1, 0.15) is 29.8 Å². The molecule has 0 unspecified atom stereocenters. The number of methoxy groups -OCH3 is 1. The van der Waals surface area contributed by atoms with Crippen molar-refractivity contribution in [3.8, 4) is 5.75 Å². The fourth-order valence-corrected chi connectivity index (χ4v) is 4.91. The molecule has 1 saturated heterocycles. The number of urea groups is 1. The number of nitrogens with one attached hydrogen (secondary N) is 5. The van der Waals surface area contributed by atoms with Gasteiger partial charge in [0.25, 0.3) is 11.8 Å². The van der Waals surface area contributed by atoms with Crippen molar-refractivity contribution in [3.63, 3.8) is 0 Å². The van der Waals surface area contributed by atoms with Crippen molar-refractivity contribution in [2.45, 2.75) is 58.7 Å². The summed E-state index contributed by atoms with van der Waals surface area (Å²) in [4.78, 5) is 63.9. The van der Waals surface area contributed by atoms with Crippen LogP contribution in [-0.4, -0.2) is 72.5 Å². The molecule has 5 N–H and O–H groups in total. The molecule has 4 rings (SSSR count). The van der Waals surface area contributed by atoms with Gasteiger partial charge in [0.05, 0.1) is 36.1 Å². The molecule has 0 bridgehead atoms. The van der Waals surface area contributed by atoms with Gasteiger partial charge in [-0.05, 0) is 57.0 Å². The summed E-state index contributed by atoms with van der Waals surface area (Å²) < 4.78 is 19.8. The molecule has 46 heavy (non-hydrogen) atoms. The second-order valence-corrected chi connectivity index (χ2v) is 11.8. The van der Waals surface area contributed by atoms with Gasteiger partial charge in [0.15, 0.2) is 0 Å². The molecular formula is C31H40ClFN8O5. The predicted octanol–water partition coefficient (Wildman–Crippen LogP) is 3.59. The first-order valence-corrected chi connectivity index (χ1v) is 14.6. The first-order chi connectivity index (χ1) is 21.3. The Morgan fingerprint density at radius 2 is 1.83 bits per heavy atom. The summed E-state index contributed by atoms with van der Waals surface area (Å²) in [5, 5.41) is 14.1. The van der Waals surface area contributed by atoms with E-state index in [4.69, 9.17) is 4.74 Å². The minimum absolute atomic E-state index is 0. The van der Waals surface area contributed by atoms with Gasteiger partial charge < -0.3 is 26.0 Å². The maximum absolute atomic E-state index is 14.5. The van der Waals surface area contributed by atoms with Gasteiger partial charge in [-0.2, -0.15) is 0 Å². The van der Waals surface area contributed by atoms with E-state index in [0.717, 1.165) is 11.3 Å². The molecule has 2 aromatic carbocycles. The Hall–Kier alpha value is -4.40. The first-order valence-electron chi connectivity index (χ1n) is 14.6. The second kappa shape index (κ2) is 15.3. The molecule has 1 aliphatic rings. The highest BCUT2D eigenvalue weighted by Gasteiger charge is 2.42. The molecule has 5 amide bonds. The van der Waals surface area contributed by atoms with Gasteiger partial charge in [0.2, 0.25) is 5.91 Å². The van der Waals surface area contributed by atoms with Crippen molar-refractivity contribution < 1.29 is 28.3 Å². The average Bonchev–Trinajstić information content (AvgIpc) is 3.55. The van der Waals surface area contributed by atoms with Crippen molar-refractivity contribution in [2.24, 2.45) is 5.41 Å². The van der Waals surface area contributed by atoms with Crippen LogP contribution in [0.2, 0.25) is 0 Å². The van der Waals surface area contributed by atoms with Crippen LogP contribution in [0, 0.1) is 11.2 Å².